The van der Waals surface area contributed by atoms with E-state index in [0.29, 0.717) is 0 Å². The van der Waals surface area contributed by atoms with Gasteiger partial charge in [0.1, 0.15) is 0 Å². The predicted octanol–water partition coefficient (Wildman–Crippen LogP) is 0.0664. The van der Waals surface area contributed by atoms with Crippen LogP contribution in [0.5, 0.6) is 0 Å². The van der Waals surface area contributed by atoms with Crippen molar-refractivity contribution in [1.29, 1.82) is 0 Å². The van der Waals surface area contributed by atoms with Crippen molar-refractivity contribution in [3.05, 3.63) is 50.5 Å². The van der Waals surface area contributed by atoms with E-state index in [1.165, 1.54) is 5.32 Å². The molecule has 124 valence electrons. The molecule has 0 heterocycles. The molecule has 0 saturated heterocycles. The number of hydrogen-bond donors (Lipinski definition) is 1. The Kier molecular flexibility index (Phi) is 7.80. The summed E-state index contributed by atoms with van der Waals surface area (Å²) in [5.41, 5.74) is -6.02. The SMILES string of the molecule is [K+].[N-]=C=C(C(=O)Nc1cc(C(F)(F)F)cc(C(F)(F)F)c1)[N+](=O)[O-]. The summed E-state index contributed by atoms with van der Waals surface area (Å²) < 4.78 is 75.5. The molecule has 0 unspecified atom stereocenters. The summed E-state index contributed by atoms with van der Waals surface area (Å²) in [6, 6.07) is 0.127. The summed E-state index contributed by atoms with van der Waals surface area (Å²) in [5, 5.41) is 20.2. The molecule has 0 aliphatic carbocycles. The number of rotatable bonds is 3. The Morgan fingerprint density at radius 2 is 1.50 bits per heavy atom. The summed E-state index contributed by atoms with van der Waals surface area (Å²) in [7, 11) is 0. The molecule has 1 aromatic rings. The van der Waals surface area contributed by atoms with Gasteiger partial charge in [0.15, 0.2) is 0 Å². The van der Waals surface area contributed by atoms with Gasteiger partial charge in [0.05, 0.1) is 16.1 Å². The summed E-state index contributed by atoms with van der Waals surface area (Å²) in [6.07, 6.45) is -10.3. The Hall–Kier alpha value is -1.24. The predicted molar refractivity (Wildman–Crippen MR) is 63.9 cm³/mol. The van der Waals surface area contributed by atoms with Gasteiger partial charge in [-0.1, -0.05) is 0 Å². The van der Waals surface area contributed by atoms with E-state index in [1.807, 2.05) is 0 Å². The second-order valence-corrected chi connectivity index (χ2v) is 3.97. The molecule has 0 atom stereocenters. The van der Waals surface area contributed by atoms with Crippen LogP contribution in [0.15, 0.2) is 23.9 Å². The number of carbonyl (C=O) groups is 1. The Bertz CT molecular complexity index is 678. The van der Waals surface area contributed by atoms with E-state index >= 15 is 0 Å². The van der Waals surface area contributed by atoms with Crippen LogP contribution in [0, 0.1) is 10.1 Å². The van der Waals surface area contributed by atoms with Gasteiger partial charge in [-0.25, -0.2) is 0 Å². The minimum absolute atomic E-state index is 0. The topological polar surface area (TPSA) is 94.5 Å². The normalized spacial score (nSPS) is 11.1. The number of hydrogen-bond acceptors (Lipinski definition) is 3. The van der Waals surface area contributed by atoms with Gasteiger partial charge in [-0.15, -0.1) is 0 Å². The van der Waals surface area contributed by atoms with Crippen molar-refractivity contribution in [3.63, 3.8) is 0 Å². The third-order valence-corrected chi connectivity index (χ3v) is 2.35. The third kappa shape index (κ3) is 6.00. The minimum Gasteiger partial charge on any atom is -0.757 e. The van der Waals surface area contributed by atoms with Crippen molar-refractivity contribution in [2.75, 3.05) is 5.32 Å². The van der Waals surface area contributed by atoms with E-state index in [0.717, 1.165) is 5.87 Å². The molecule has 24 heavy (non-hydrogen) atoms. The van der Waals surface area contributed by atoms with E-state index in [1.54, 1.807) is 0 Å². The van der Waals surface area contributed by atoms with Crippen molar-refractivity contribution in [1.82, 2.24) is 0 Å². The first kappa shape index (κ1) is 22.8. The Labute approximate surface area is 172 Å². The molecule has 0 spiro atoms. The zero-order valence-corrected chi connectivity index (χ0v) is 14.7. The fourth-order valence-corrected chi connectivity index (χ4v) is 1.39. The number of halogens is 6. The molecule has 0 aromatic heterocycles. The Morgan fingerprint density at radius 3 is 1.79 bits per heavy atom. The first-order valence-corrected chi connectivity index (χ1v) is 5.38. The molecular weight excluding hydrogens is 375 g/mol. The largest absolute Gasteiger partial charge is 1.00 e. The number of alkyl halides is 6. The Balaban J connectivity index is 0.00000529. The quantitative estimate of drug-likeness (QED) is 0.201. The van der Waals surface area contributed by atoms with Crippen LogP contribution >= 0.6 is 0 Å². The van der Waals surface area contributed by atoms with Crippen LogP contribution in [-0.2, 0) is 17.1 Å². The molecule has 13 heteroatoms. The van der Waals surface area contributed by atoms with Crippen molar-refractivity contribution in [2.45, 2.75) is 12.4 Å². The maximum absolute atomic E-state index is 12.6. The molecule has 0 fully saturated rings. The maximum atomic E-state index is 12.6. The van der Waals surface area contributed by atoms with Crippen LogP contribution in [-0.4, -0.2) is 16.7 Å². The average Bonchev–Trinajstić information content (AvgIpc) is 2.36. The van der Waals surface area contributed by atoms with Crippen LogP contribution in [0.3, 0.4) is 0 Å². The second kappa shape index (κ2) is 8.23. The number of benzene rings is 1. The summed E-state index contributed by atoms with van der Waals surface area (Å²) in [4.78, 5) is 20.2. The zero-order valence-electron chi connectivity index (χ0n) is 11.6. The van der Waals surface area contributed by atoms with E-state index < -0.39 is 45.7 Å². The number of nitrogens with one attached hydrogen (secondary N) is 1. The number of carbonyl (C=O) groups excluding carboxylic acids is 1. The standard InChI is InChI=1S/C11H4F6N3O3.K/c12-10(13,14)5-1-6(11(15,16)17)3-7(2-5)19-9(21)8(4-18)20(22)23;/h1-3H,(H,19,21);/q-1;+1. The maximum Gasteiger partial charge on any atom is 1.00 e. The molecule has 6 nitrogen and oxygen atoms in total. The summed E-state index contributed by atoms with van der Waals surface area (Å²) in [6.45, 7) is 0. The van der Waals surface area contributed by atoms with Crippen molar-refractivity contribution in [3.8, 4) is 0 Å². The van der Waals surface area contributed by atoms with Crippen LogP contribution in [0.2, 0.25) is 0 Å². The van der Waals surface area contributed by atoms with Crippen LogP contribution in [0.1, 0.15) is 11.1 Å². The molecule has 1 aromatic carbocycles. The van der Waals surface area contributed by atoms with Gasteiger partial charge in [-0.3, -0.25) is 14.9 Å². The smallest absolute Gasteiger partial charge is 0.757 e. The van der Waals surface area contributed by atoms with Gasteiger partial charge in [0.2, 0.25) is 0 Å². The number of amides is 1. The number of anilines is 1. The molecule has 0 radical (unpaired) electrons. The van der Waals surface area contributed by atoms with E-state index in [2.05, 4.69) is 0 Å². The molecule has 0 bridgehead atoms. The molecular formula is C11H4F6KN3O3. The molecule has 0 saturated carbocycles. The average molecular weight is 379 g/mol. The van der Waals surface area contributed by atoms with E-state index in [9.17, 15) is 41.3 Å². The first-order valence-electron chi connectivity index (χ1n) is 5.38. The molecule has 1 rings (SSSR count). The van der Waals surface area contributed by atoms with Crippen LogP contribution in [0.4, 0.5) is 32.0 Å². The number of nitrogens with zero attached hydrogens (tertiary/aromatic N) is 2. The van der Waals surface area contributed by atoms with Crippen LogP contribution < -0.4 is 56.7 Å². The Morgan fingerprint density at radius 1 is 1.08 bits per heavy atom. The first-order chi connectivity index (χ1) is 10.4. The third-order valence-electron chi connectivity index (χ3n) is 2.35. The van der Waals surface area contributed by atoms with Crippen LogP contribution in [0.25, 0.3) is 5.41 Å². The van der Waals surface area contributed by atoms with Gasteiger partial charge >= 0.3 is 75.3 Å². The van der Waals surface area contributed by atoms with Crippen molar-refractivity contribution in [2.24, 2.45) is 0 Å². The summed E-state index contributed by atoms with van der Waals surface area (Å²) >= 11 is 0. The van der Waals surface area contributed by atoms with Gasteiger partial charge in [-0.05, 0) is 18.2 Å². The van der Waals surface area contributed by atoms with E-state index in [-0.39, 0.29) is 69.6 Å². The monoisotopic (exact) mass is 379 g/mol. The molecule has 1 amide bonds. The molecule has 0 aliphatic rings. The zero-order chi connectivity index (χ0) is 18.0. The number of nitro groups is 1. The molecule has 1 N–H and O–H groups in total. The summed E-state index contributed by atoms with van der Waals surface area (Å²) in [5.74, 6) is -0.873. The minimum atomic E-state index is -5.15. The molecule has 0 aliphatic heterocycles. The van der Waals surface area contributed by atoms with E-state index in [4.69, 9.17) is 5.41 Å². The van der Waals surface area contributed by atoms with Gasteiger partial charge in [0, 0.05) is 5.69 Å². The van der Waals surface area contributed by atoms with Crippen molar-refractivity contribution < 1.29 is 87.4 Å². The fourth-order valence-electron chi connectivity index (χ4n) is 1.39. The van der Waals surface area contributed by atoms with Gasteiger partial charge < -0.3 is 10.7 Å². The second-order valence-electron chi connectivity index (χ2n) is 3.97. The van der Waals surface area contributed by atoms with Gasteiger partial charge in [0.25, 0.3) is 0 Å². The van der Waals surface area contributed by atoms with Gasteiger partial charge in [-0.2, -0.15) is 32.2 Å². The van der Waals surface area contributed by atoms with Crippen molar-refractivity contribution >= 4 is 17.5 Å². The fraction of sp³-hybridized carbons (Fsp3) is 0.182.